The number of carbonyl (C=O) groups excluding carboxylic acids is 1. The molecule has 1 amide bonds. The van der Waals surface area contributed by atoms with E-state index >= 15 is 0 Å². The van der Waals surface area contributed by atoms with Gasteiger partial charge in [-0.05, 0) is 54.6 Å². The third-order valence-corrected chi connectivity index (χ3v) is 5.99. The van der Waals surface area contributed by atoms with Crippen LogP contribution in [0.3, 0.4) is 0 Å². The number of benzene rings is 2. The van der Waals surface area contributed by atoms with Crippen LogP contribution in [0, 0.1) is 0 Å². The van der Waals surface area contributed by atoms with E-state index in [1.807, 2.05) is 0 Å². The fraction of sp³-hybridized carbons (Fsp3) is 0.100. The minimum Gasteiger partial charge on any atom is -0.439 e. The number of nitrogens with zero attached hydrogens (tertiary/aromatic N) is 2. The standard InChI is InChI=1S/C20H18ClN3O5S/c1-24(28-2)30(26,27)18-10-3-14(4-11-18)20(25)23-16-7-12-19(22-13-16)29-17-8-5-15(21)6-9-17/h3-13H,1-2H3,(H,23,25). The van der Waals surface area contributed by atoms with Crippen molar-refractivity contribution in [1.29, 1.82) is 0 Å². The highest BCUT2D eigenvalue weighted by Crippen LogP contribution is 2.22. The van der Waals surface area contributed by atoms with Crippen LogP contribution in [0.2, 0.25) is 5.02 Å². The summed E-state index contributed by atoms with van der Waals surface area (Å²) in [4.78, 5) is 21.3. The zero-order valence-corrected chi connectivity index (χ0v) is 17.6. The molecule has 0 bridgehead atoms. The van der Waals surface area contributed by atoms with Crippen LogP contribution in [-0.2, 0) is 14.9 Å². The molecule has 0 atom stereocenters. The normalized spacial score (nSPS) is 11.3. The number of anilines is 1. The smallest absolute Gasteiger partial charge is 0.264 e. The van der Waals surface area contributed by atoms with Gasteiger partial charge < -0.3 is 10.1 Å². The summed E-state index contributed by atoms with van der Waals surface area (Å²) in [6.07, 6.45) is 1.45. The summed E-state index contributed by atoms with van der Waals surface area (Å²) in [5.74, 6) is 0.525. The van der Waals surface area contributed by atoms with Crippen molar-refractivity contribution in [2.24, 2.45) is 0 Å². The number of ether oxygens (including phenoxy) is 1. The van der Waals surface area contributed by atoms with Crippen molar-refractivity contribution >= 4 is 33.2 Å². The SMILES string of the molecule is CON(C)S(=O)(=O)c1ccc(C(=O)Nc2ccc(Oc3ccc(Cl)cc3)nc2)cc1. The van der Waals surface area contributed by atoms with Gasteiger partial charge in [-0.1, -0.05) is 16.1 Å². The van der Waals surface area contributed by atoms with E-state index in [0.29, 0.717) is 22.3 Å². The number of amides is 1. The molecule has 0 saturated heterocycles. The molecule has 0 saturated carbocycles. The lowest BCUT2D eigenvalue weighted by Crippen LogP contribution is -2.25. The van der Waals surface area contributed by atoms with Gasteiger partial charge in [0.15, 0.2) is 0 Å². The van der Waals surface area contributed by atoms with E-state index < -0.39 is 15.9 Å². The second kappa shape index (κ2) is 9.23. The lowest BCUT2D eigenvalue weighted by Gasteiger charge is -2.14. The Balaban J connectivity index is 1.65. The lowest BCUT2D eigenvalue weighted by atomic mass is 10.2. The number of rotatable bonds is 7. The molecule has 0 aliphatic heterocycles. The summed E-state index contributed by atoms with van der Waals surface area (Å²) in [7, 11) is -1.25. The molecule has 1 aromatic heterocycles. The first kappa shape index (κ1) is 21.7. The summed E-state index contributed by atoms with van der Waals surface area (Å²) < 4.78 is 30.7. The highest BCUT2D eigenvalue weighted by Gasteiger charge is 2.21. The molecule has 3 aromatic rings. The van der Waals surface area contributed by atoms with Crippen molar-refractivity contribution in [1.82, 2.24) is 9.45 Å². The first-order chi connectivity index (χ1) is 14.3. The Kier molecular flexibility index (Phi) is 6.68. The van der Waals surface area contributed by atoms with E-state index in [9.17, 15) is 13.2 Å². The van der Waals surface area contributed by atoms with Gasteiger partial charge in [0.1, 0.15) is 5.75 Å². The highest BCUT2D eigenvalue weighted by molar-refractivity contribution is 7.89. The molecule has 156 valence electrons. The van der Waals surface area contributed by atoms with Crippen LogP contribution < -0.4 is 10.1 Å². The molecule has 0 spiro atoms. The number of hydrogen-bond donors (Lipinski definition) is 1. The van der Waals surface area contributed by atoms with Crippen molar-refractivity contribution in [3.8, 4) is 11.6 Å². The Bertz CT molecular complexity index is 1120. The maximum Gasteiger partial charge on any atom is 0.264 e. The van der Waals surface area contributed by atoms with E-state index in [-0.39, 0.29) is 10.5 Å². The van der Waals surface area contributed by atoms with Crippen molar-refractivity contribution in [2.45, 2.75) is 4.90 Å². The highest BCUT2D eigenvalue weighted by atomic mass is 35.5. The predicted octanol–water partition coefficient (Wildman–Crippen LogP) is 3.96. The summed E-state index contributed by atoms with van der Waals surface area (Å²) in [5.41, 5.74) is 0.745. The maximum atomic E-state index is 12.4. The first-order valence-electron chi connectivity index (χ1n) is 8.63. The van der Waals surface area contributed by atoms with Gasteiger partial charge in [0.25, 0.3) is 15.9 Å². The first-order valence-corrected chi connectivity index (χ1v) is 10.5. The molecular formula is C20H18ClN3O5S. The molecule has 3 rings (SSSR count). The largest absolute Gasteiger partial charge is 0.439 e. The molecule has 0 fully saturated rings. The predicted molar refractivity (Wildman–Crippen MR) is 112 cm³/mol. The Morgan fingerprint density at radius 3 is 2.27 bits per heavy atom. The summed E-state index contributed by atoms with van der Waals surface area (Å²) in [6.45, 7) is 0. The van der Waals surface area contributed by atoms with Crippen molar-refractivity contribution < 1.29 is 22.8 Å². The van der Waals surface area contributed by atoms with Gasteiger partial charge in [0.2, 0.25) is 5.88 Å². The van der Waals surface area contributed by atoms with Crippen molar-refractivity contribution in [2.75, 3.05) is 19.5 Å². The molecule has 0 aliphatic rings. The molecule has 0 aliphatic carbocycles. The third-order valence-electron chi connectivity index (χ3n) is 4.04. The Morgan fingerprint density at radius 1 is 1.03 bits per heavy atom. The van der Waals surface area contributed by atoms with Crippen LogP contribution in [0.15, 0.2) is 71.8 Å². The average Bonchev–Trinajstić information content (AvgIpc) is 2.76. The number of halogens is 1. The molecule has 10 heteroatoms. The Labute approximate surface area is 179 Å². The molecule has 1 heterocycles. The van der Waals surface area contributed by atoms with Gasteiger partial charge in [0, 0.05) is 23.7 Å². The van der Waals surface area contributed by atoms with Gasteiger partial charge in [-0.3, -0.25) is 9.63 Å². The van der Waals surface area contributed by atoms with Gasteiger partial charge in [0.05, 0.1) is 23.9 Å². The topological polar surface area (TPSA) is 97.8 Å². The number of carbonyl (C=O) groups is 1. The van der Waals surface area contributed by atoms with Crippen LogP contribution in [0.1, 0.15) is 10.4 Å². The minimum atomic E-state index is -3.78. The van der Waals surface area contributed by atoms with Crippen LogP contribution in [0.4, 0.5) is 5.69 Å². The molecule has 0 radical (unpaired) electrons. The molecular weight excluding hydrogens is 430 g/mol. The second-order valence-corrected chi connectivity index (χ2v) is 8.39. The lowest BCUT2D eigenvalue weighted by molar-refractivity contribution is -0.0258. The van der Waals surface area contributed by atoms with Crippen LogP contribution in [0.25, 0.3) is 0 Å². The van der Waals surface area contributed by atoms with E-state index in [1.165, 1.54) is 44.6 Å². The molecule has 8 nitrogen and oxygen atoms in total. The van der Waals surface area contributed by atoms with Gasteiger partial charge >= 0.3 is 0 Å². The number of pyridine rings is 1. The van der Waals surface area contributed by atoms with Gasteiger partial charge in [-0.25, -0.2) is 13.4 Å². The molecule has 30 heavy (non-hydrogen) atoms. The Hall–Kier alpha value is -2.98. The van der Waals surface area contributed by atoms with Crippen molar-refractivity contribution in [3.63, 3.8) is 0 Å². The third kappa shape index (κ3) is 5.14. The number of aromatic nitrogens is 1. The summed E-state index contributed by atoms with van der Waals surface area (Å²) in [6, 6.07) is 15.6. The fourth-order valence-electron chi connectivity index (χ4n) is 2.37. The summed E-state index contributed by atoms with van der Waals surface area (Å²) in [5, 5.41) is 3.29. The molecule has 0 unspecified atom stereocenters. The number of nitrogens with one attached hydrogen (secondary N) is 1. The Morgan fingerprint density at radius 2 is 1.70 bits per heavy atom. The van der Waals surface area contributed by atoms with Crippen LogP contribution in [0.5, 0.6) is 11.6 Å². The zero-order chi connectivity index (χ0) is 21.7. The second-order valence-electron chi connectivity index (χ2n) is 6.02. The number of hydrogen-bond acceptors (Lipinski definition) is 6. The zero-order valence-electron chi connectivity index (χ0n) is 16.1. The van der Waals surface area contributed by atoms with E-state index in [2.05, 4.69) is 10.3 Å². The fourth-order valence-corrected chi connectivity index (χ4v) is 3.47. The quantitative estimate of drug-likeness (QED) is 0.550. The number of hydroxylamine groups is 1. The monoisotopic (exact) mass is 447 g/mol. The molecule has 2 aromatic carbocycles. The van der Waals surface area contributed by atoms with Gasteiger partial charge in [-0.15, -0.1) is 0 Å². The van der Waals surface area contributed by atoms with Crippen molar-refractivity contribution in [3.05, 3.63) is 77.4 Å². The van der Waals surface area contributed by atoms with E-state index in [4.69, 9.17) is 21.2 Å². The van der Waals surface area contributed by atoms with Crippen LogP contribution in [-0.4, -0.2) is 37.9 Å². The van der Waals surface area contributed by atoms with Crippen LogP contribution >= 0.6 is 11.6 Å². The molecule has 1 N–H and O–H groups in total. The minimum absolute atomic E-state index is 0.00812. The van der Waals surface area contributed by atoms with Gasteiger partial charge in [-0.2, -0.15) is 0 Å². The van der Waals surface area contributed by atoms with E-state index in [0.717, 1.165) is 4.47 Å². The number of sulfonamides is 1. The van der Waals surface area contributed by atoms with E-state index in [1.54, 1.807) is 36.4 Å². The maximum absolute atomic E-state index is 12.4. The summed E-state index contributed by atoms with van der Waals surface area (Å²) >= 11 is 5.84. The average molecular weight is 448 g/mol.